The molecule has 0 spiro atoms. The van der Waals surface area contributed by atoms with Crippen LogP contribution < -0.4 is 29.3 Å². The lowest BCUT2D eigenvalue weighted by molar-refractivity contribution is -0.122. The highest BCUT2D eigenvalue weighted by molar-refractivity contribution is 6.39. The zero-order valence-corrected chi connectivity index (χ0v) is 20.1. The van der Waals surface area contributed by atoms with E-state index in [1.54, 1.807) is 12.1 Å². The normalized spacial score (nSPS) is 19.5. The number of fused-ring (bicyclic) bond motifs is 2. The van der Waals surface area contributed by atoms with E-state index in [-0.39, 0.29) is 23.6 Å². The van der Waals surface area contributed by atoms with Crippen molar-refractivity contribution in [3.05, 3.63) is 53.1 Å². The maximum atomic E-state index is 13.4. The predicted molar refractivity (Wildman–Crippen MR) is 131 cm³/mol. The maximum Gasteiger partial charge on any atom is 0.335 e. The molecular weight excluding hydrogens is 450 g/mol. The molecule has 3 aliphatic rings. The number of anilines is 2. The molecule has 1 N–H and O–H groups in total. The van der Waals surface area contributed by atoms with E-state index >= 15 is 0 Å². The molecule has 5 rings (SSSR count). The highest BCUT2D eigenvalue weighted by Gasteiger charge is 2.38. The molecule has 0 radical (unpaired) electrons. The van der Waals surface area contributed by atoms with Gasteiger partial charge < -0.3 is 19.1 Å². The van der Waals surface area contributed by atoms with Crippen LogP contribution in [0.2, 0.25) is 0 Å². The van der Waals surface area contributed by atoms with Gasteiger partial charge in [-0.25, -0.2) is 9.69 Å². The molecule has 3 aliphatic heterocycles. The summed E-state index contributed by atoms with van der Waals surface area (Å²) in [5, 5.41) is 2.25. The molecule has 2 aromatic rings. The lowest BCUT2D eigenvalue weighted by Gasteiger charge is -2.41. The van der Waals surface area contributed by atoms with Crippen LogP contribution in [0.5, 0.6) is 17.2 Å². The molecule has 0 atom stereocenters. The Morgan fingerprint density at radius 3 is 2.57 bits per heavy atom. The van der Waals surface area contributed by atoms with Gasteiger partial charge in [-0.2, -0.15) is 0 Å². The van der Waals surface area contributed by atoms with Crippen molar-refractivity contribution in [2.24, 2.45) is 0 Å². The van der Waals surface area contributed by atoms with Crippen LogP contribution in [0.15, 0.2) is 42.0 Å². The molecule has 9 nitrogen and oxygen atoms in total. The minimum absolute atomic E-state index is 0.0565. The van der Waals surface area contributed by atoms with Crippen LogP contribution in [-0.2, 0) is 9.59 Å². The number of amides is 4. The molecule has 0 unspecified atom stereocenters. The summed E-state index contributed by atoms with van der Waals surface area (Å²) in [5.41, 5.74) is 3.44. The van der Waals surface area contributed by atoms with Gasteiger partial charge in [0.1, 0.15) is 11.3 Å². The highest BCUT2D eigenvalue weighted by Crippen LogP contribution is 2.42. The topological polar surface area (TPSA) is 97.4 Å². The van der Waals surface area contributed by atoms with Gasteiger partial charge in [-0.3, -0.25) is 14.9 Å². The van der Waals surface area contributed by atoms with Crippen molar-refractivity contribution < 1.29 is 28.6 Å². The second-order valence-corrected chi connectivity index (χ2v) is 9.15. The average molecular weight is 476 g/mol. The highest BCUT2D eigenvalue weighted by atomic mass is 16.7. The van der Waals surface area contributed by atoms with E-state index in [0.717, 1.165) is 21.7 Å². The number of allylic oxidation sites excluding steroid dienone is 1. The maximum absolute atomic E-state index is 13.4. The van der Waals surface area contributed by atoms with Crippen LogP contribution in [0.4, 0.5) is 16.2 Å². The Balaban J connectivity index is 1.58. The Morgan fingerprint density at radius 2 is 1.83 bits per heavy atom. The first kappa shape index (κ1) is 22.5. The van der Waals surface area contributed by atoms with Gasteiger partial charge in [0.25, 0.3) is 11.8 Å². The lowest BCUT2D eigenvalue weighted by atomic mass is 9.88. The monoisotopic (exact) mass is 475 g/mol. The van der Waals surface area contributed by atoms with Gasteiger partial charge >= 0.3 is 6.03 Å². The largest absolute Gasteiger partial charge is 0.496 e. The molecule has 0 aliphatic carbocycles. The Kier molecular flexibility index (Phi) is 5.08. The molecule has 1 saturated heterocycles. The van der Waals surface area contributed by atoms with Gasteiger partial charge in [0, 0.05) is 36.0 Å². The van der Waals surface area contributed by atoms with Crippen molar-refractivity contribution in [1.82, 2.24) is 5.32 Å². The summed E-state index contributed by atoms with van der Waals surface area (Å²) >= 11 is 0. The quantitative estimate of drug-likeness (QED) is 0.534. The first-order chi connectivity index (χ1) is 16.6. The Bertz CT molecular complexity index is 1360. The van der Waals surface area contributed by atoms with Crippen molar-refractivity contribution in [2.45, 2.75) is 26.3 Å². The van der Waals surface area contributed by atoms with Crippen LogP contribution >= 0.6 is 0 Å². The minimum Gasteiger partial charge on any atom is -0.496 e. The number of nitrogens with zero attached hydrogens (tertiary/aromatic N) is 2. The third-order valence-electron chi connectivity index (χ3n) is 6.58. The van der Waals surface area contributed by atoms with E-state index in [4.69, 9.17) is 14.2 Å². The van der Waals surface area contributed by atoms with Gasteiger partial charge in [0.15, 0.2) is 11.5 Å². The molecule has 4 amide bonds. The lowest BCUT2D eigenvalue weighted by Crippen LogP contribution is -2.54. The van der Waals surface area contributed by atoms with E-state index in [1.165, 1.54) is 19.3 Å². The third-order valence-corrected chi connectivity index (χ3v) is 6.58. The van der Waals surface area contributed by atoms with E-state index < -0.39 is 17.8 Å². The number of carbonyl (C=O) groups excluding carboxylic acids is 3. The average Bonchev–Trinajstić information content (AvgIpc) is 3.27. The number of methoxy groups -OCH3 is 1. The molecule has 1 fully saturated rings. The first-order valence-electron chi connectivity index (χ1n) is 11.1. The summed E-state index contributed by atoms with van der Waals surface area (Å²) in [6.07, 6.45) is 3.62. The van der Waals surface area contributed by atoms with Crippen LogP contribution in [0.1, 0.15) is 31.9 Å². The number of hydrogen-bond donors (Lipinski definition) is 1. The van der Waals surface area contributed by atoms with E-state index in [2.05, 4.69) is 30.1 Å². The summed E-state index contributed by atoms with van der Waals surface area (Å²) in [6.45, 7) is 6.32. The molecular formula is C26H25N3O6. The second kappa shape index (κ2) is 7.90. The van der Waals surface area contributed by atoms with Crippen LogP contribution in [-0.4, -0.2) is 44.3 Å². The molecule has 0 bridgehead atoms. The van der Waals surface area contributed by atoms with Crippen molar-refractivity contribution >= 4 is 40.9 Å². The number of barbiturate groups is 1. The predicted octanol–water partition coefficient (Wildman–Crippen LogP) is 3.72. The summed E-state index contributed by atoms with van der Waals surface area (Å²) in [5.74, 6) is -0.0945. The molecule has 180 valence electrons. The van der Waals surface area contributed by atoms with Gasteiger partial charge in [-0.1, -0.05) is 6.08 Å². The van der Waals surface area contributed by atoms with E-state index in [0.29, 0.717) is 22.8 Å². The van der Waals surface area contributed by atoms with Crippen molar-refractivity contribution in [3.63, 3.8) is 0 Å². The summed E-state index contributed by atoms with van der Waals surface area (Å²) in [4.78, 5) is 41.8. The van der Waals surface area contributed by atoms with Crippen LogP contribution in [0, 0.1) is 0 Å². The standard InChI is InChI=1S/C26H25N3O6/c1-14-12-26(2,3)28(4)19-11-21(33-5)15(8-17(14)19)9-18-23(30)27-25(32)29(24(18)31)16-6-7-20-22(10-16)35-13-34-20/h6-12H,13H2,1-5H3,(H,27,30,32)/b18-9-. The fraction of sp³-hybridized carbons (Fsp3) is 0.269. The van der Waals surface area contributed by atoms with E-state index in [9.17, 15) is 14.4 Å². The summed E-state index contributed by atoms with van der Waals surface area (Å²) in [6, 6.07) is 7.64. The number of benzene rings is 2. The van der Waals surface area contributed by atoms with Gasteiger partial charge in [0.2, 0.25) is 6.79 Å². The van der Waals surface area contributed by atoms with Gasteiger partial charge in [-0.15, -0.1) is 0 Å². The summed E-state index contributed by atoms with van der Waals surface area (Å²) in [7, 11) is 3.54. The van der Waals surface area contributed by atoms with E-state index in [1.807, 2.05) is 26.1 Å². The first-order valence-corrected chi connectivity index (χ1v) is 11.1. The molecule has 0 aromatic heterocycles. The molecule has 2 aromatic carbocycles. The molecule has 9 heteroatoms. The minimum atomic E-state index is -0.837. The Morgan fingerprint density at radius 1 is 1.09 bits per heavy atom. The van der Waals surface area contributed by atoms with Gasteiger partial charge in [-0.05, 0) is 50.6 Å². The summed E-state index contributed by atoms with van der Waals surface area (Å²) < 4.78 is 16.3. The zero-order chi connectivity index (χ0) is 25.1. The fourth-order valence-electron chi connectivity index (χ4n) is 4.56. The number of nitrogens with one attached hydrogen (secondary N) is 1. The SMILES string of the molecule is COc1cc2c(cc1/C=C1/C(=O)NC(=O)N(c3ccc4c(c3)OCO4)C1=O)C(C)=CC(C)(C)N2C. The number of ether oxygens (including phenoxy) is 3. The molecule has 3 heterocycles. The smallest absolute Gasteiger partial charge is 0.335 e. The van der Waals surface area contributed by atoms with Crippen LogP contribution in [0.25, 0.3) is 11.6 Å². The van der Waals surface area contributed by atoms with Crippen molar-refractivity contribution in [3.8, 4) is 17.2 Å². The third kappa shape index (κ3) is 3.60. The zero-order valence-electron chi connectivity index (χ0n) is 20.1. The number of urea groups is 1. The van der Waals surface area contributed by atoms with Crippen molar-refractivity contribution in [1.29, 1.82) is 0 Å². The van der Waals surface area contributed by atoms with Crippen LogP contribution in [0.3, 0.4) is 0 Å². The molecule has 0 saturated carbocycles. The fourth-order valence-corrected chi connectivity index (χ4v) is 4.56. The van der Waals surface area contributed by atoms with Gasteiger partial charge in [0.05, 0.1) is 18.3 Å². The second-order valence-electron chi connectivity index (χ2n) is 9.15. The Hall–Kier alpha value is -4.27. The van der Waals surface area contributed by atoms with Crippen molar-refractivity contribution in [2.75, 3.05) is 30.8 Å². The number of likely N-dealkylation sites (N-methyl/N-ethyl adjacent to an activating group) is 1. The number of carbonyl (C=O) groups is 3. The Labute approximate surface area is 202 Å². The number of rotatable bonds is 3. The molecule has 35 heavy (non-hydrogen) atoms. The number of imide groups is 2. The number of hydrogen-bond acceptors (Lipinski definition) is 7.